The number of alkyl halides is 3. The molecule has 4 heteroatoms. The monoisotopic (exact) mass is 239 g/mol. The second-order valence-electron chi connectivity index (χ2n) is 3.89. The summed E-state index contributed by atoms with van der Waals surface area (Å²) in [4.78, 5) is 0. The quantitative estimate of drug-likeness (QED) is 0.854. The Morgan fingerprint density at radius 2 is 1.82 bits per heavy atom. The van der Waals surface area contributed by atoms with Crippen molar-refractivity contribution >= 4 is 10.8 Å². The normalized spacial score (nSPS) is 12.0. The fourth-order valence-corrected chi connectivity index (χ4v) is 1.89. The molecule has 0 saturated carbocycles. The summed E-state index contributed by atoms with van der Waals surface area (Å²) in [6.45, 7) is 0.426. The van der Waals surface area contributed by atoms with Crippen LogP contribution in [0.15, 0.2) is 36.4 Å². The van der Waals surface area contributed by atoms with Crippen LogP contribution in [0.4, 0.5) is 13.2 Å². The number of hydrogen-bond acceptors (Lipinski definition) is 1. The second kappa shape index (κ2) is 4.37. The Balaban J connectivity index is 2.61. The molecular weight excluding hydrogens is 227 g/mol. The van der Waals surface area contributed by atoms with Crippen LogP contribution in [0.2, 0.25) is 0 Å². The molecule has 0 unspecified atom stereocenters. The molecule has 0 spiro atoms. The van der Waals surface area contributed by atoms with E-state index in [2.05, 4.69) is 0 Å². The van der Waals surface area contributed by atoms with Gasteiger partial charge in [-0.1, -0.05) is 24.3 Å². The van der Waals surface area contributed by atoms with Crippen molar-refractivity contribution in [3.8, 4) is 0 Å². The van der Waals surface area contributed by atoms with Crippen molar-refractivity contribution in [1.82, 2.24) is 0 Å². The summed E-state index contributed by atoms with van der Waals surface area (Å²) in [5, 5.41) is 1.44. The maximum atomic E-state index is 12.6. The Labute approximate surface area is 97.0 Å². The summed E-state index contributed by atoms with van der Waals surface area (Å²) in [5.41, 5.74) is 5.69. The summed E-state index contributed by atoms with van der Waals surface area (Å²) in [6.07, 6.45) is -3.72. The lowest BCUT2D eigenvalue weighted by atomic mass is 10.00. The lowest BCUT2D eigenvalue weighted by Crippen LogP contribution is -2.06. The predicted molar refractivity (Wildman–Crippen MR) is 61.7 cm³/mol. The van der Waals surface area contributed by atoms with E-state index in [1.165, 1.54) is 12.1 Å². The van der Waals surface area contributed by atoms with Gasteiger partial charge in [0.2, 0.25) is 0 Å². The lowest BCUT2D eigenvalue weighted by molar-refractivity contribution is -0.137. The molecule has 2 aromatic carbocycles. The minimum absolute atomic E-state index is 0.426. The lowest BCUT2D eigenvalue weighted by Gasteiger charge is -2.10. The molecular formula is C13H12F3N. The summed E-state index contributed by atoms with van der Waals surface area (Å²) in [5.74, 6) is 0. The van der Waals surface area contributed by atoms with Crippen molar-refractivity contribution < 1.29 is 13.2 Å². The molecule has 0 amide bonds. The first-order chi connectivity index (χ1) is 8.02. The van der Waals surface area contributed by atoms with E-state index in [0.29, 0.717) is 18.4 Å². The van der Waals surface area contributed by atoms with Crippen LogP contribution in [0, 0.1) is 0 Å². The average molecular weight is 239 g/mol. The van der Waals surface area contributed by atoms with Gasteiger partial charge in [-0.25, -0.2) is 0 Å². The van der Waals surface area contributed by atoms with Crippen LogP contribution in [0.5, 0.6) is 0 Å². The van der Waals surface area contributed by atoms with E-state index < -0.39 is 11.7 Å². The van der Waals surface area contributed by atoms with Gasteiger partial charge in [-0.05, 0) is 41.4 Å². The third kappa shape index (κ3) is 2.42. The van der Waals surface area contributed by atoms with Crippen LogP contribution in [-0.4, -0.2) is 6.54 Å². The van der Waals surface area contributed by atoms with Crippen molar-refractivity contribution in [2.24, 2.45) is 5.73 Å². The van der Waals surface area contributed by atoms with Crippen molar-refractivity contribution in [1.29, 1.82) is 0 Å². The van der Waals surface area contributed by atoms with E-state index in [-0.39, 0.29) is 0 Å². The van der Waals surface area contributed by atoms with E-state index >= 15 is 0 Å². The molecule has 0 bridgehead atoms. The number of halogens is 3. The average Bonchev–Trinajstić information content (AvgIpc) is 2.28. The number of rotatable bonds is 2. The first-order valence-corrected chi connectivity index (χ1v) is 5.31. The van der Waals surface area contributed by atoms with Gasteiger partial charge in [0, 0.05) is 0 Å². The molecule has 0 aliphatic rings. The molecule has 0 aromatic heterocycles. The zero-order valence-corrected chi connectivity index (χ0v) is 9.09. The largest absolute Gasteiger partial charge is 0.416 e. The summed E-state index contributed by atoms with van der Waals surface area (Å²) in [6, 6.07) is 9.25. The molecule has 90 valence electrons. The van der Waals surface area contributed by atoms with Crippen LogP contribution in [0.25, 0.3) is 10.8 Å². The van der Waals surface area contributed by atoms with Gasteiger partial charge in [0.1, 0.15) is 0 Å². The van der Waals surface area contributed by atoms with E-state index in [4.69, 9.17) is 5.73 Å². The van der Waals surface area contributed by atoms with Gasteiger partial charge < -0.3 is 5.73 Å². The third-order valence-electron chi connectivity index (χ3n) is 2.71. The Morgan fingerprint density at radius 3 is 2.47 bits per heavy atom. The second-order valence-corrected chi connectivity index (χ2v) is 3.89. The van der Waals surface area contributed by atoms with Crippen molar-refractivity contribution in [3.05, 3.63) is 47.5 Å². The standard InChI is InChI=1S/C13H12F3N/c14-13(15,16)11-5-4-9-2-1-3-10(6-7-17)12(9)8-11/h1-5,8H,6-7,17H2. The Morgan fingerprint density at radius 1 is 1.06 bits per heavy atom. The predicted octanol–water partition coefficient (Wildman–Crippen LogP) is 3.36. The Kier molecular flexibility index (Phi) is 3.07. The minimum atomic E-state index is -4.30. The highest BCUT2D eigenvalue weighted by Crippen LogP contribution is 2.32. The SMILES string of the molecule is NCCc1cccc2ccc(C(F)(F)F)cc12. The molecule has 2 rings (SSSR count). The smallest absolute Gasteiger partial charge is 0.330 e. The molecule has 0 aliphatic heterocycles. The molecule has 17 heavy (non-hydrogen) atoms. The molecule has 0 heterocycles. The molecule has 0 fully saturated rings. The van der Waals surface area contributed by atoms with Crippen molar-refractivity contribution in [3.63, 3.8) is 0 Å². The Hall–Kier alpha value is -1.55. The van der Waals surface area contributed by atoms with Crippen LogP contribution < -0.4 is 5.73 Å². The topological polar surface area (TPSA) is 26.0 Å². The number of fused-ring (bicyclic) bond motifs is 1. The zero-order valence-electron chi connectivity index (χ0n) is 9.09. The Bertz CT molecular complexity index is 532. The first kappa shape index (κ1) is 11.9. The molecule has 0 atom stereocenters. The van der Waals surface area contributed by atoms with Gasteiger partial charge in [0.15, 0.2) is 0 Å². The summed E-state index contributed by atoms with van der Waals surface area (Å²) < 4.78 is 37.8. The highest BCUT2D eigenvalue weighted by Gasteiger charge is 2.30. The minimum Gasteiger partial charge on any atom is -0.330 e. The number of benzene rings is 2. The van der Waals surface area contributed by atoms with Crippen molar-refractivity contribution in [2.75, 3.05) is 6.54 Å². The fourth-order valence-electron chi connectivity index (χ4n) is 1.89. The maximum absolute atomic E-state index is 12.6. The first-order valence-electron chi connectivity index (χ1n) is 5.31. The van der Waals surface area contributed by atoms with E-state index in [9.17, 15) is 13.2 Å². The van der Waals surface area contributed by atoms with E-state index in [0.717, 1.165) is 17.0 Å². The van der Waals surface area contributed by atoms with Crippen LogP contribution in [0.3, 0.4) is 0 Å². The summed E-state index contributed by atoms with van der Waals surface area (Å²) in [7, 11) is 0. The summed E-state index contributed by atoms with van der Waals surface area (Å²) >= 11 is 0. The maximum Gasteiger partial charge on any atom is 0.416 e. The molecule has 0 radical (unpaired) electrons. The third-order valence-corrected chi connectivity index (χ3v) is 2.71. The van der Waals surface area contributed by atoms with Crippen LogP contribution >= 0.6 is 0 Å². The van der Waals surface area contributed by atoms with Gasteiger partial charge in [-0.2, -0.15) is 13.2 Å². The number of hydrogen-bond donors (Lipinski definition) is 1. The number of nitrogens with two attached hydrogens (primary N) is 1. The van der Waals surface area contributed by atoms with Crippen molar-refractivity contribution in [2.45, 2.75) is 12.6 Å². The van der Waals surface area contributed by atoms with Crippen LogP contribution in [-0.2, 0) is 12.6 Å². The molecule has 0 saturated heterocycles. The highest BCUT2D eigenvalue weighted by atomic mass is 19.4. The molecule has 1 nitrogen and oxygen atoms in total. The highest BCUT2D eigenvalue weighted by molar-refractivity contribution is 5.86. The fraction of sp³-hybridized carbons (Fsp3) is 0.231. The van der Waals surface area contributed by atoms with Gasteiger partial charge >= 0.3 is 6.18 Å². The molecule has 0 aliphatic carbocycles. The van der Waals surface area contributed by atoms with Gasteiger partial charge in [0.05, 0.1) is 5.56 Å². The van der Waals surface area contributed by atoms with E-state index in [1.807, 2.05) is 12.1 Å². The molecule has 2 N–H and O–H groups in total. The zero-order chi connectivity index (χ0) is 12.5. The van der Waals surface area contributed by atoms with Gasteiger partial charge in [0.25, 0.3) is 0 Å². The van der Waals surface area contributed by atoms with Gasteiger partial charge in [-0.15, -0.1) is 0 Å². The van der Waals surface area contributed by atoms with Gasteiger partial charge in [-0.3, -0.25) is 0 Å². The van der Waals surface area contributed by atoms with Crippen LogP contribution in [0.1, 0.15) is 11.1 Å². The molecule has 2 aromatic rings. The van der Waals surface area contributed by atoms with E-state index in [1.54, 1.807) is 6.07 Å².